The second-order valence-electron chi connectivity index (χ2n) is 4.54. The van der Waals surface area contributed by atoms with Crippen LogP contribution in [0.5, 0.6) is 0 Å². The van der Waals surface area contributed by atoms with E-state index in [0.717, 1.165) is 10.4 Å². The fraction of sp³-hybridized carbons (Fsp3) is 0.286. The Kier molecular flexibility index (Phi) is 4.47. The van der Waals surface area contributed by atoms with Gasteiger partial charge in [0.25, 0.3) is 10.0 Å². The Labute approximate surface area is 123 Å². The molecule has 0 aliphatic rings. The van der Waals surface area contributed by atoms with Crippen molar-refractivity contribution in [2.24, 2.45) is 0 Å². The molecule has 2 rings (SSSR count). The largest absolute Gasteiger partial charge is 0.399 e. The minimum Gasteiger partial charge on any atom is -0.399 e. The summed E-state index contributed by atoms with van der Waals surface area (Å²) in [6.45, 7) is 4.50. The highest BCUT2D eigenvalue weighted by molar-refractivity contribution is 7.91. The molecule has 4 nitrogen and oxygen atoms in total. The van der Waals surface area contributed by atoms with Crippen molar-refractivity contribution in [3.63, 3.8) is 0 Å². The van der Waals surface area contributed by atoms with Gasteiger partial charge in [0.05, 0.1) is 0 Å². The Hall–Kier alpha value is -1.37. The van der Waals surface area contributed by atoms with Crippen molar-refractivity contribution >= 4 is 27.0 Å². The van der Waals surface area contributed by atoms with Crippen molar-refractivity contribution in [3.05, 3.63) is 46.8 Å². The molecular formula is C14H18N2O2S2. The Morgan fingerprint density at radius 2 is 2.00 bits per heavy atom. The number of nitrogen functional groups attached to an aromatic ring is 1. The predicted octanol–water partition coefficient (Wildman–Crippen LogP) is 2.85. The number of nitrogens with zero attached hydrogens (tertiary/aromatic N) is 1. The summed E-state index contributed by atoms with van der Waals surface area (Å²) in [5.74, 6) is 0. The third kappa shape index (κ3) is 3.20. The summed E-state index contributed by atoms with van der Waals surface area (Å²) in [5.41, 5.74) is 7.27. The lowest BCUT2D eigenvalue weighted by molar-refractivity contribution is 0.425. The first-order valence-corrected chi connectivity index (χ1v) is 8.60. The molecule has 0 atom stereocenters. The third-order valence-electron chi connectivity index (χ3n) is 2.97. The van der Waals surface area contributed by atoms with E-state index in [1.54, 1.807) is 18.2 Å². The smallest absolute Gasteiger partial charge is 0.252 e. The van der Waals surface area contributed by atoms with Crippen molar-refractivity contribution < 1.29 is 8.42 Å². The van der Waals surface area contributed by atoms with E-state index in [4.69, 9.17) is 5.73 Å². The standard InChI is InChI=1S/C14H18N2O2S2/c1-3-16(10-12-5-4-6-13(15)9-12)20(17,18)14-8-7-11(2)19-14/h4-9H,3,10,15H2,1-2H3. The maximum atomic E-state index is 12.6. The van der Waals surface area contributed by atoms with Crippen LogP contribution >= 0.6 is 11.3 Å². The number of hydrogen-bond acceptors (Lipinski definition) is 4. The molecule has 0 unspecified atom stereocenters. The molecule has 0 aliphatic heterocycles. The van der Waals surface area contributed by atoms with Crippen LogP contribution in [0.4, 0.5) is 5.69 Å². The molecule has 20 heavy (non-hydrogen) atoms. The molecule has 0 aliphatic carbocycles. The van der Waals surface area contributed by atoms with Crippen molar-refractivity contribution in [2.45, 2.75) is 24.6 Å². The number of nitrogens with two attached hydrogens (primary N) is 1. The summed E-state index contributed by atoms with van der Waals surface area (Å²) in [4.78, 5) is 0.989. The first kappa shape index (κ1) is 15.0. The van der Waals surface area contributed by atoms with E-state index in [1.165, 1.54) is 15.6 Å². The molecule has 0 radical (unpaired) electrons. The average Bonchev–Trinajstić information content (AvgIpc) is 2.83. The lowest BCUT2D eigenvalue weighted by Gasteiger charge is -2.19. The Balaban J connectivity index is 2.28. The van der Waals surface area contributed by atoms with Crippen LogP contribution in [0, 0.1) is 6.92 Å². The van der Waals surface area contributed by atoms with Gasteiger partial charge in [-0.3, -0.25) is 0 Å². The molecule has 108 valence electrons. The lowest BCUT2D eigenvalue weighted by atomic mass is 10.2. The zero-order chi connectivity index (χ0) is 14.8. The molecule has 1 aromatic carbocycles. The molecule has 1 heterocycles. The fourth-order valence-corrected chi connectivity index (χ4v) is 4.81. The van der Waals surface area contributed by atoms with Gasteiger partial charge in [0, 0.05) is 23.7 Å². The van der Waals surface area contributed by atoms with Crippen LogP contribution < -0.4 is 5.73 Å². The summed E-state index contributed by atoms with van der Waals surface area (Å²) in [6.07, 6.45) is 0. The number of rotatable bonds is 5. The van der Waals surface area contributed by atoms with Crippen LogP contribution in [-0.4, -0.2) is 19.3 Å². The molecule has 0 spiro atoms. The first-order chi connectivity index (χ1) is 9.43. The highest BCUT2D eigenvalue weighted by atomic mass is 32.2. The van der Waals surface area contributed by atoms with Crippen molar-refractivity contribution in [1.82, 2.24) is 4.31 Å². The zero-order valence-corrected chi connectivity index (χ0v) is 13.2. The number of hydrogen-bond donors (Lipinski definition) is 1. The number of sulfonamides is 1. The zero-order valence-electron chi connectivity index (χ0n) is 11.5. The Morgan fingerprint density at radius 1 is 1.25 bits per heavy atom. The second kappa shape index (κ2) is 5.95. The van der Waals surface area contributed by atoms with Gasteiger partial charge >= 0.3 is 0 Å². The van der Waals surface area contributed by atoms with Crippen LogP contribution in [-0.2, 0) is 16.6 Å². The molecule has 0 saturated heterocycles. The van der Waals surface area contributed by atoms with E-state index in [0.29, 0.717) is 23.0 Å². The summed E-state index contributed by atoms with van der Waals surface area (Å²) < 4.78 is 27.0. The molecule has 6 heteroatoms. The van der Waals surface area contributed by atoms with Crippen molar-refractivity contribution in [3.8, 4) is 0 Å². The minimum atomic E-state index is -3.43. The van der Waals surface area contributed by atoms with E-state index in [1.807, 2.05) is 32.0 Å². The first-order valence-electron chi connectivity index (χ1n) is 6.34. The quantitative estimate of drug-likeness (QED) is 0.864. The minimum absolute atomic E-state index is 0.334. The van der Waals surface area contributed by atoms with Gasteiger partial charge in [0.15, 0.2) is 0 Å². The summed E-state index contributed by atoms with van der Waals surface area (Å²) in [5, 5.41) is 0. The summed E-state index contributed by atoms with van der Waals surface area (Å²) >= 11 is 1.30. The van der Waals surface area contributed by atoms with Crippen LogP contribution in [0.2, 0.25) is 0 Å². The fourth-order valence-electron chi connectivity index (χ4n) is 1.94. The molecule has 0 saturated carbocycles. The Bertz CT molecular complexity index is 693. The summed E-state index contributed by atoms with van der Waals surface area (Å²) in [6, 6.07) is 10.8. The van der Waals surface area contributed by atoms with Crippen LogP contribution in [0.25, 0.3) is 0 Å². The molecule has 0 amide bonds. The molecule has 2 N–H and O–H groups in total. The van der Waals surface area contributed by atoms with Gasteiger partial charge in [-0.05, 0) is 36.8 Å². The van der Waals surface area contributed by atoms with Gasteiger partial charge in [0.1, 0.15) is 4.21 Å². The monoisotopic (exact) mass is 310 g/mol. The number of thiophene rings is 1. The van der Waals surface area contributed by atoms with Gasteiger partial charge in [-0.15, -0.1) is 11.3 Å². The van der Waals surface area contributed by atoms with Gasteiger partial charge in [-0.25, -0.2) is 8.42 Å². The summed E-state index contributed by atoms with van der Waals surface area (Å²) in [7, 11) is -3.43. The third-order valence-corrected chi connectivity index (χ3v) is 6.36. The van der Waals surface area contributed by atoms with Gasteiger partial charge in [-0.1, -0.05) is 19.1 Å². The molecule has 1 aromatic heterocycles. The normalized spacial score (nSPS) is 11.9. The number of anilines is 1. The molecular weight excluding hydrogens is 292 g/mol. The average molecular weight is 310 g/mol. The van der Waals surface area contributed by atoms with Crippen molar-refractivity contribution in [2.75, 3.05) is 12.3 Å². The van der Waals surface area contributed by atoms with E-state index < -0.39 is 10.0 Å². The molecule has 2 aromatic rings. The van der Waals surface area contributed by atoms with E-state index in [9.17, 15) is 8.42 Å². The van der Waals surface area contributed by atoms with Crippen molar-refractivity contribution in [1.29, 1.82) is 0 Å². The SMILES string of the molecule is CCN(Cc1cccc(N)c1)S(=O)(=O)c1ccc(C)s1. The lowest BCUT2D eigenvalue weighted by Crippen LogP contribution is -2.29. The van der Waals surface area contributed by atoms with Gasteiger partial charge in [-0.2, -0.15) is 4.31 Å². The number of benzene rings is 1. The topological polar surface area (TPSA) is 63.4 Å². The molecule has 0 fully saturated rings. The highest BCUT2D eigenvalue weighted by Gasteiger charge is 2.24. The Morgan fingerprint density at radius 3 is 2.55 bits per heavy atom. The predicted molar refractivity (Wildman–Crippen MR) is 83.2 cm³/mol. The van der Waals surface area contributed by atoms with E-state index in [2.05, 4.69) is 0 Å². The van der Waals surface area contributed by atoms with Gasteiger partial charge in [0.2, 0.25) is 0 Å². The maximum absolute atomic E-state index is 12.6. The number of aryl methyl sites for hydroxylation is 1. The highest BCUT2D eigenvalue weighted by Crippen LogP contribution is 2.25. The van der Waals surface area contributed by atoms with E-state index in [-0.39, 0.29) is 0 Å². The van der Waals surface area contributed by atoms with E-state index >= 15 is 0 Å². The second-order valence-corrected chi connectivity index (χ2v) is 7.99. The molecule has 0 bridgehead atoms. The maximum Gasteiger partial charge on any atom is 0.252 e. The van der Waals surface area contributed by atoms with Gasteiger partial charge < -0.3 is 5.73 Å². The van der Waals surface area contributed by atoms with Crippen LogP contribution in [0.1, 0.15) is 17.4 Å². The van der Waals surface area contributed by atoms with Crippen LogP contribution in [0.3, 0.4) is 0 Å². The van der Waals surface area contributed by atoms with Crippen LogP contribution in [0.15, 0.2) is 40.6 Å².